The number of aliphatic hydroxyl groups is 1. The van der Waals surface area contributed by atoms with Crippen LogP contribution in [0.5, 0.6) is 0 Å². The number of allylic oxidation sites excluding steroid dienone is 4. The fourth-order valence-electron chi connectivity index (χ4n) is 6.91. The number of fused-ring (bicyclic) bond motifs is 1. The number of aliphatic imine (C=N–C) groups is 1. The van der Waals surface area contributed by atoms with Gasteiger partial charge in [0.05, 0.1) is 0 Å². The van der Waals surface area contributed by atoms with Crippen molar-refractivity contribution in [3.8, 4) is 0 Å². The summed E-state index contributed by atoms with van der Waals surface area (Å²) in [5, 5.41) is 11.0. The summed E-state index contributed by atoms with van der Waals surface area (Å²) in [4.78, 5) is 7.06. The molecule has 2 aromatic carbocycles. The van der Waals surface area contributed by atoms with Gasteiger partial charge in [-0.15, -0.1) is 0 Å². The zero-order valence-corrected chi connectivity index (χ0v) is 20.9. The van der Waals surface area contributed by atoms with Crippen molar-refractivity contribution in [1.29, 1.82) is 0 Å². The van der Waals surface area contributed by atoms with Gasteiger partial charge in [-0.05, 0) is 80.0 Å². The van der Waals surface area contributed by atoms with Crippen LogP contribution < -0.4 is 4.90 Å². The van der Waals surface area contributed by atoms with E-state index in [1.165, 1.54) is 67.2 Å². The van der Waals surface area contributed by atoms with Crippen LogP contribution in [0.15, 0.2) is 71.3 Å². The smallest absolute Gasteiger partial charge is 0.127 e. The molecule has 0 radical (unpaired) electrons. The molecule has 4 aliphatic rings. The first-order valence-corrected chi connectivity index (χ1v) is 13.7. The average Bonchev–Trinajstić information content (AvgIpc) is 3.57. The van der Waals surface area contributed by atoms with Crippen molar-refractivity contribution < 1.29 is 5.11 Å². The standard InChI is InChI=1S/C32H38N2O/c1-22-9-12-26(13-10-22)32-30-16-15-29(18-27(30)20-33-32)34-21-28(19-31(34)35)25-8-4-7-24(11-14-25)17-23-5-2-3-6-23/h2-3,5,9-10,12-13,15-16,18,20,24-25,28,31-32,35H,4,6-8,11,14,17,19,21H2,1H3. The molecule has 5 unspecified atom stereocenters. The maximum absolute atomic E-state index is 11.0. The second-order valence-electron chi connectivity index (χ2n) is 11.3. The van der Waals surface area contributed by atoms with E-state index in [1.807, 2.05) is 6.21 Å². The van der Waals surface area contributed by atoms with Crippen molar-refractivity contribution in [2.75, 3.05) is 11.4 Å². The first-order valence-electron chi connectivity index (χ1n) is 13.7. The van der Waals surface area contributed by atoms with Crippen molar-refractivity contribution in [2.45, 2.75) is 70.6 Å². The van der Waals surface area contributed by atoms with Crippen LogP contribution >= 0.6 is 0 Å². The van der Waals surface area contributed by atoms with Crippen LogP contribution in [0.3, 0.4) is 0 Å². The summed E-state index contributed by atoms with van der Waals surface area (Å²) in [5.74, 6) is 2.20. The van der Waals surface area contributed by atoms with Gasteiger partial charge >= 0.3 is 0 Å². The first-order chi connectivity index (χ1) is 17.1. The van der Waals surface area contributed by atoms with Crippen molar-refractivity contribution in [3.05, 3.63) is 88.5 Å². The van der Waals surface area contributed by atoms with Crippen LogP contribution in [-0.4, -0.2) is 24.1 Å². The first kappa shape index (κ1) is 22.8. The number of nitrogens with zero attached hydrogens (tertiary/aromatic N) is 2. The highest BCUT2D eigenvalue weighted by Gasteiger charge is 2.37. The molecular weight excluding hydrogens is 428 g/mol. The van der Waals surface area contributed by atoms with Gasteiger partial charge in [-0.25, -0.2) is 0 Å². The molecule has 0 bridgehead atoms. The van der Waals surface area contributed by atoms with Gasteiger partial charge < -0.3 is 10.0 Å². The molecule has 6 rings (SSSR count). The van der Waals surface area contributed by atoms with E-state index in [0.717, 1.165) is 30.5 Å². The van der Waals surface area contributed by atoms with Crippen molar-refractivity contribution in [1.82, 2.24) is 0 Å². The summed E-state index contributed by atoms with van der Waals surface area (Å²) in [6, 6.07) is 15.5. The molecule has 1 saturated carbocycles. The Balaban J connectivity index is 1.11. The predicted molar refractivity (Wildman–Crippen MR) is 145 cm³/mol. The van der Waals surface area contributed by atoms with Crippen LogP contribution in [0.25, 0.3) is 0 Å². The second-order valence-corrected chi connectivity index (χ2v) is 11.3. The van der Waals surface area contributed by atoms with Gasteiger partial charge in [-0.1, -0.05) is 79.0 Å². The predicted octanol–water partition coefficient (Wildman–Crippen LogP) is 7.13. The topological polar surface area (TPSA) is 35.8 Å². The fraction of sp³-hybridized carbons (Fsp3) is 0.469. The largest absolute Gasteiger partial charge is 0.374 e. The quantitative estimate of drug-likeness (QED) is 0.476. The Morgan fingerprint density at radius 3 is 2.71 bits per heavy atom. The molecule has 2 aliphatic heterocycles. The van der Waals surface area contributed by atoms with Crippen molar-refractivity contribution in [3.63, 3.8) is 0 Å². The number of aryl methyl sites for hydroxylation is 1. The van der Waals surface area contributed by atoms with E-state index in [0.29, 0.717) is 5.92 Å². The van der Waals surface area contributed by atoms with E-state index in [2.05, 4.69) is 72.5 Å². The number of rotatable bonds is 5. The molecule has 2 fully saturated rings. The lowest BCUT2D eigenvalue weighted by Gasteiger charge is -2.25. The minimum Gasteiger partial charge on any atom is -0.374 e. The lowest BCUT2D eigenvalue weighted by molar-refractivity contribution is 0.169. The van der Waals surface area contributed by atoms with E-state index in [4.69, 9.17) is 4.99 Å². The highest BCUT2D eigenvalue weighted by Crippen LogP contribution is 2.42. The lowest BCUT2D eigenvalue weighted by atomic mass is 9.84. The van der Waals surface area contributed by atoms with Gasteiger partial charge in [0.25, 0.3) is 0 Å². The molecule has 1 N–H and O–H groups in total. The van der Waals surface area contributed by atoms with E-state index >= 15 is 0 Å². The summed E-state index contributed by atoms with van der Waals surface area (Å²) in [5.41, 5.74) is 7.74. The van der Waals surface area contributed by atoms with E-state index in [9.17, 15) is 5.11 Å². The zero-order valence-electron chi connectivity index (χ0n) is 20.9. The molecule has 1 saturated heterocycles. The number of hydrogen-bond acceptors (Lipinski definition) is 3. The third-order valence-electron chi connectivity index (χ3n) is 8.96. The van der Waals surface area contributed by atoms with Gasteiger partial charge in [-0.2, -0.15) is 0 Å². The number of hydrogen-bond donors (Lipinski definition) is 1. The third-order valence-corrected chi connectivity index (χ3v) is 8.96. The second kappa shape index (κ2) is 9.78. The zero-order chi connectivity index (χ0) is 23.8. The molecule has 35 heavy (non-hydrogen) atoms. The van der Waals surface area contributed by atoms with E-state index in [-0.39, 0.29) is 12.3 Å². The number of aliphatic hydroxyl groups excluding tert-OH is 1. The van der Waals surface area contributed by atoms with Crippen LogP contribution in [0.1, 0.15) is 79.7 Å². The highest BCUT2D eigenvalue weighted by atomic mass is 16.3. The Bertz CT molecular complexity index is 1140. The van der Waals surface area contributed by atoms with Gasteiger partial charge in [0.15, 0.2) is 0 Å². The lowest BCUT2D eigenvalue weighted by Crippen LogP contribution is -2.29. The normalized spacial score (nSPS) is 29.9. The monoisotopic (exact) mass is 466 g/mol. The fourth-order valence-corrected chi connectivity index (χ4v) is 6.91. The maximum atomic E-state index is 11.0. The van der Waals surface area contributed by atoms with Gasteiger partial charge in [-0.3, -0.25) is 4.99 Å². The summed E-state index contributed by atoms with van der Waals surface area (Å²) in [7, 11) is 0. The Morgan fingerprint density at radius 1 is 1.00 bits per heavy atom. The summed E-state index contributed by atoms with van der Waals surface area (Å²) < 4.78 is 0. The molecule has 0 spiro atoms. The Labute approximate surface area is 210 Å². The average molecular weight is 467 g/mol. The highest BCUT2D eigenvalue weighted by molar-refractivity contribution is 5.87. The minimum atomic E-state index is -0.377. The molecule has 3 heteroatoms. The Morgan fingerprint density at radius 2 is 1.89 bits per heavy atom. The van der Waals surface area contributed by atoms with Gasteiger partial charge in [0, 0.05) is 24.0 Å². The van der Waals surface area contributed by atoms with E-state index < -0.39 is 0 Å². The van der Waals surface area contributed by atoms with Gasteiger partial charge in [0.1, 0.15) is 12.3 Å². The van der Waals surface area contributed by atoms with Crippen LogP contribution in [0, 0.1) is 24.7 Å². The summed E-state index contributed by atoms with van der Waals surface area (Å²) in [6.45, 7) is 3.10. The van der Waals surface area contributed by atoms with Gasteiger partial charge in [0.2, 0.25) is 0 Å². The molecule has 0 aromatic heterocycles. The Hall–Kier alpha value is -2.65. The van der Waals surface area contributed by atoms with Crippen LogP contribution in [0.4, 0.5) is 5.69 Å². The summed E-state index contributed by atoms with van der Waals surface area (Å²) >= 11 is 0. The molecular formula is C32H38N2O. The van der Waals surface area contributed by atoms with Crippen molar-refractivity contribution >= 4 is 11.9 Å². The van der Waals surface area contributed by atoms with E-state index in [1.54, 1.807) is 5.57 Å². The third kappa shape index (κ3) is 4.76. The molecule has 3 nitrogen and oxygen atoms in total. The molecule has 0 amide bonds. The molecule has 182 valence electrons. The molecule has 2 aromatic rings. The van der Waals surface area contributed by atoms with Crippen LogP contribution in [0.2, 0.25) is 0 Å². The number of benzene rings is 2. The molecule has 2 heterocycles. The maximum Gasteiger partial charge on any atom is 0.127 e. The van der Waals surface area contributed by atoms with Crippen molar-refractivity contribution in [2.24, 2.45) is 22.7 Å². The van der Waals surface area contributed by atoms with Crippen LogP contribution in [-0.2, 0) is 0 Å². The SMILES string of the molecule is Cc1ccc(C2N=Cc3cc(N4CC(C5CCCC(CC6=CC=CC6)CC5)CC4O)ccc32)cc1. The Kier molecular flexibility index (Phi) is 6.37. The summed E-state index contributed by atoms with van der Waals surface area (Å²) in [6.07, 6.45) is 18.6. The minimum absolute atomic E-state index is 0.0885. The molecule has 5 atom stereocenters. The molecule has 2 aliphatic carbocycles. The number of anilines is 1.